The molecule has 2 nitrogen and oxygen atoms in total. The van der Waals surface area contributed by atoms with Gasteiger partial charge in [-0.3, -0.25) is 0 Å². The lowest BCUT2D eigenvalue weighted by atomic mass is 10.1. The van der Waals surface area contributed by atoms with Crippen molar-refractivity contribution in [2.45, 2.75) is 20.0 Å². The summed E-state index contributed by atoms with van der Waals surface area (Å²) in [5.74, 6) is 0.303. The number of hydrogen-bond donors (Lipinski definition) is 1. The normalized spacial score (nSPS) is 12.2. The molecular formula is C16H17FO2. The second-order valence-electron chi connectivity index (χ2n) is 4.65. The molecule has 1 unspecified atom stereocenters. The second kappa shape index (κ2) is 5.85. The monoisotopic (exact) mass is 260 g/mol. The van der Waals surface area contributed by atoms with Crippen molar-refractivity contribution in [2.75, 3.05) is 6.61 Å². The number of rotatable bonds is 4. The van der Waals surface area contributed by atoms with E-state index in [9.17, 15) is 9.50 Å². The van der Waals surface area contributed by atoms with E-state index in [1.165, 1.54) is 6.07 Å². The smallest absolute Gasteiger partial charge is 0.126 e. The van der Waals surface area contributed by atoms with Crippen molar-refractivity contribution in [3.05, 3.63) is 65.0 Å². The molecule has 2 aromatic rings. The summed E-state index contributed by atoms with van der Waals surface area (Å²) in [6, 6.07) is 12.2. The number of hydrogen-bond acceptors (Lipinski definition) is 2. The van der Waals surface area contributed by atoms with Crippen LogP contribution in [0.15, 0.2) is 42.5 Å². The lowest BCUT2D eigenvalue weighted by Crippen LogP contribution is -2.10. The maximum atomic E-state index is 13.1. The predicted octanol–water partition coefficient (Wildman–Crippen LogP) is 3.55. The molecule has 19 heavy (non-hydrogen) atoms. The molecule has 3 heteroatoms. The van der Waals surface area contributed by atoms with Gasteiger partial charge in [0.2, 0.25) is 0 Å². The van der Waals surface area contributed by atoms with E-state index in [4.69, 9.17) is 4.74 Å². The first-order valence-electron chi connectivity index (χ1n) is 6.20. The van der Waals surface area contributed by atoms with Crippen molar-refractivity contribution in [2.24, 2.45) is 0 Å². The number of aliphatic hydroxyl groups excluding tert-OH is 1. The van der Waals surface area contributed by atoms with Gasteiger partial charge in [0.05, 0.1) is 0 Å². The summed E-state index contributed by atoms with van der Waals surface area (Å²) in [5.41, 5.74) is 2.44. The molecule has 0 radical (unpaired) electrons. The Morgan fingerprint density at radius 3 is 2.63 bits per heavy atom. The fourth-order valence-corrected chi connectivity index (χ4v) is 1.86. The van der Waals surface area contributed by atoms with Gasteiger partial charge in [-0.25, -0.2) is 4.39 Å². The lowest BCUT2D eigenvalue weighted by Gasteiger charge is -2.13. The van der Waals surface area contributed by atoms with Gasteiger partial charge < -0.3 is 9.84 Å². The number of benzene rings is 2. The zero-order valence-corrected chi connectivity index (χ0v) is 11.1. The largest absolute Gasteiger partial charge is 0.491 e. The van der Waals surface area contributed by atoms with Crippen molar-refractivity contribution in [1.82, 2.24) is 0 Å². The van der Waals surface area contributed by atoms with Crippen molar-refractivity contribution in [1.29, 1.82) is 0 Å². The molecule has 0 aromatic heterocycles. The van der Waals surface area contributed by atoms with Gasteiger partial charge in [-0.05, 0) is 43.2 Å². The zero-order valence-electron chi connectivity index (χ0n) is 11.1. The van der Waals surface area contributed by atoms with Gasteiger partial charge in [0, 0.05) is 0 Å². The Bertz CT molecular complexity index is 566. The van der Waals surface area contributed by atoms with E-state index in [0.717, 1.165) is 11.1 Å². The van der Waals surface area contributed by atoms with Gasteiger partial charge in [-0.15, -0.1) is 0 Å². The highest BCUT2D eigenvalue weighted by Crippen LogP contribution is 2.19. The molecule has 0 aliphatic rings. The minimum atomic E-state index is -0.690. The first kappa shape index (κ1) is 13.6. The van der Waals surface area contributed by atoms with Gasteiger partial charge in [-0.2, -0.15) is 0 Å². The van der Waals surface area contributed by atoms with E-state index in [-0.39, 0.29) is 12.4 Å². The number of halogens is 1. The molecule has 0 aliphatic carbocycles. The van der Waals surface area contributed by atoms with E-state index in [1.54, 1.807) is 19.1 Å². The van der Waals surface area contributed by atoms with E-state index >= 15 is 0 Å². The first-order valence-corrected chi connectivity index (χ1v) is 6.20. The van der Waals surface area contributed by atoms with Crippen LogP contribution in [0.5, 0.6) is 5.75 Å². The van der Waals surface area contributed by atoms with Crippen molar-refractivity contribution < 1.29 is 14.2 Å². The molecule has 0 heterocycles. The second-order valence-corrected chi connectivity index (χ2v) is 4.65. The molecule has 0 saturated heterocycles. The minimum absolute atomic E-state index is 0.147. The van der Waals surface area contributed by atoms with Crippen LogP contribution < -0.4 is 4.74 Å². The number of aliphatic hydroxyl groups is 1. The quantitative estimate of drug-likeness (QED) is 0.910. The molecule has 0 fully saturated rings. The first-order chi connectivity index (χ1) is 9.06. The molecule has 0 amide bonds. The maximum Gasteiger partial charge on any atom is 0.126 e. The molecule has 2 rings (SSSR count). The summed E-state index contributed by atoms with van der Waals surface area (Å²) in [5, 5.41) is 10.0. The SMILES string of the molecule is Cc1cccc(C(O)COc2ccc(F)c(C)c2)c1. The van der Waals surface area contributed by atoms with E-state index in [0.29, 0.717) is 11.3 Å². The Hall–Kier alpha value is -1.87. The van der Waals surface area contributed by atoms with E-state index in [1.807, 2.05) is 31.2 Å². The average Bonchev–Trinajstić information content (AvgIpc) is 2.40. The number of aryl methyl sites for hydroxylation is 2. The van der Waals surface area contributed by atoms with Crippen LogP contribution in [0, 0.1) is 19.7 Å². The van der Waals surface area contributed by atoms with E-state index < -0.39 is 6.10 Å². The molecule has 2 aromatic carbocycles. The predicted molar refractivity (Wildman–Crippen MR) is 72.8 cm³/mol. The van der Waals surface area contributed by atoms with Crippen molar-refractivity contribution in [3.63, 3.8) is 0 Å². The van der Waals surface area contributed by atoms with Crippen LogP contribution in [0.4, 0.5) is 4.39 Å². The standard InChI is InChI=1S/C16H17FO2/c1-11-4-3-5-13(8-11)16(18)10-19-14-6-7-15(17)12(2)9-14/h3-9,16,18H,10H2,1-2H3. The Morgan fingerprint density at radius 1 is 1.16 bits per heavy atom. The topological polar surface area (TPSA) is 29.5 Å². The molecule has 0 bridgehead atoms. The molecular weight excluding hydrogens is 243 g/mol. The third kappa shape index (κ3) is 3.55. The Balaban J connectivity index is 2.00. The molecule has 0 aliphatic heterocycles. The summed E-state index contributed by atoms with van der Waals surface area (Å²) in [4.78, 5) is 0. The maximum absolute atomic E-state index is 13.1. The van der Waals surface area contributed by atoms with Crippen molar-refractivity contribution in [3.8, 4) is 5.75 Å². The minimum Gasteiger partial charge on any atom is -0.491 e. The van der Waals surface area contributed by atoms with E-state index in [2.05, 4.69) is 0 Å². The van der Waals surface area contributed by atoms with Crippen LogP contribution in [0.3, 0.4) is 0 Å². The molecule has 0 spiro atoms. The third-order valence-corrected chi connectivity index (χ3v) is 2.96. The summed E-state index contributed by atoms with van der Waals surface area (Å²) in [6.45, 7) is 3.80. The van der Waals surface area contributed by atoms with Gasteiger partial charge in [-0.1, -0.05) is 29.8 Å². The number of ether oxygens (including phenoxy) is 1. The highest BCUT2D eigenvalue weighted by atomic mass is 19.1. The zero-order chi connectivity index (χ0) is 13.8. The third-order valence-electron chi connectivity index (χ3n) is 2.96. The summed E-state index contributed by atoms with van der Waals surface area (Å²) in [7, 11) is 0. The van der Waals surface area contributed by atoms with Crippen LogP contribution >= 0.6 is 0 Å². The van der Waals surface area contributed by atoms with Gasteiger partial charge >= 0.3 is 0 Å². The van der Waals surface area contributed by atoms with Gasteiger partial charge in [0.1, 0.15) is 24.3 Å². The highest BCUT2D eigenvalue weighted by molar-refractivity contribution is 5.29. The van der Waals surface area contributed by atoms with Crippen LogP contribution in [0.1, 0.15) is 22.8 Å². The molecule has 1 N–H and O–H groups in total. The molecule has 1 atom stereocenters. The lowest BCUT2D eigenvalue weighted by molar-refractivity contribution is 0.108. The Kier molecular flexibility index (Phi) is 4.17. The van der Waals surface area contributed by atoms with Crippen LogP contribution in [-0.2, 0) is 0 Å². The van der Waals surface area contributed by atoms with Crippen LogP contribution in [-0.4, -0.2) is 11.7 Å². The summed E-state index contributed by atoms with van der Waals surface area (Å²) < 4.78 is 18.6. The van der Waals surface area contributed by atoms with Gasteiger partial charge in [0.25, 0.3) is 0 Å². The molecule has 0 saturated carbocycles. The fourth-order valence-electron chi connectivity index (χ4n) is 1.86. The average molecular weight is 260 g/mol. The Morgan fingerprint density at radius 2 is 1.95 bits per heavy atom. The summed E-state index contributed by atoms with van der Waals surface area (Å²) >= 11 is 0. The summed E-state index contributed by atoms with van der Waals surface area (Å²) in [6.07, 6.45) is -0.690. The van der Waals surface area contributed by atoms with Crippen LogP contribution in [0.25, 0.3) is 0 Å². The van der Waals surface area contributed by atoms with Crippen LogP contribution in [0.2, 0.25) is 0 Å². The fraction of sp³-hybridized carbons (Fsp3) is 0.250. The van der Waals surface area contributed by atoms with Crippen molar-refractivity contribution >= 4 is 0 Å². The molecule has 100 valence electrons. The Labute approximate surface area is 112 Å². The van der Waals surface area contributed by atoms with Gasteiger partial charge in [0.15, 0.2) is 0 Å². The highest BCUT2D eigenvalue weighted by Gasteiger charge is 2.09.